The van der Waals surface area contributed by atoms with Crippen molar-refractivity contribution in [2.24, 2.45) is 0 Å². The Labute approximate surface area is 112 Å². The minimum absolute atomic E-state index is 0.00836. The van der Waals surface area contributed by atoms with Crippen molar-refractivity contribution < 1.29 is 22.4 Å². The fourth-order valence-electron chi connectivity index (χ4n) is 2.19. The summed E-state index contributed by atoms with van der Waals surface area (Å²) in [5.41, 5.74) is 5.47. The third-order valence-electron chi connectivity index (χ3n) is 3.31. The molecule has 0 aromatic carbocycles. The summed E-state index contributed by atoms with van der Waals surface area (Å²) in [6.07, 6.45) is -1.59. The molecule has 2 N–H and O–H groups in total. The molecule has 1 aromatic heterocycles. The molecule has 0 aliphatic carbocycles. The Balaban J connectivity index is 1.96. The molecule has 0 unspecified atom stereocenters. The summed E-state index contributed by atoms with van der Waals surface area (Å²) in [5, 5.41) is 4.00. The summed E-state index contributed by atoms with van der Waals surface area (Å²) in [6, 6.07) is 1.53. The molecule has 1 aliphatic heterocycles. The SMILES string of the molecule is Nc1ccn(C2CCN(C(=O)C(F)(F)C(F)F)CC2)n1. The van der Waals surface area contributed by atoms with Crippen molar-refractivity contribution in [1.82, 2.24) is 14.7 Å². The monoisotopic (exact) mass is 294 g/mol. The van der Waals surface area contributed by atoms with E-state index in [1.165, 1.54) is 0 Å². The number of nitrogens with zero attached hydrogens (tertiary/aromatic N) is 3. The van der Waals surface area contributed by atoms with Gasteiger partial charge in [0.2, 0.25) is 0 Å². The number of carbonyl (C=O) groups is 1. The van der Waals surface area contributed by atoms with Crippen molar-refractivity contribution >= 4 is 11.7 Å². The van der Waals surface area contributed by atoms with Crippen LogP contribution in [0.5, 0.6) is 0 Å². The Hall–Kier alpha value is -1.80. The van der Waals surface area contributed by atoms with Crippen molar-refractivity contribution in [3.05, 3.63) is 12.3 Å². The van der Waals surface area contributed by atoms with Gasteiger partial charge in [-0.05, 0) is 18.9 Å². The molecule has 1 fully saturated rings. The second-order valence-corrected chi connectivity index (χ2v) is 4.67. The van der Waals surface area contributed by atoms with Gasteiger partial charge in [0.05, 0.1) is 6.04 Å². The molecule has 0 spiro atoms. The quantitative estimate of drug-likeness (QED) is 0.860. The number of hydrogen-bond acceptors (Lipinski definition) is 3. The first kappa shape index (κ1) is 14.6. The van der Waals surface area contributed by atoms with Crippen LogP contribution in [0.15, 0.2) is 12.3 Å². The summed E-state index contributed by atoms with van der Waals surface area (Å²) in [4.78, 5) is 12.1. The van der Waals surface area contributed by atoms with E-state index >= 15 is 0 Å². The van der Waals surface area contributed by atoms with E-state index in [-0.39, 0.29) is 19.1 Å². The molecular weight excluding hydrogens is 280 g/mol. The predicted octanol–water partition coefficient (Wildman–Crippen LogP) is 1.53. The summed E-state index contributed by atoms with van der Waals surface area (Å²) in [7, 11) is 0. The van der Waals surface area contributed by atoms with Gasteiger partial charge in [-0.15, -0.1) is 0 Å². The van der Waals surface area contributed by atoms with Crippen LogP contribution in [-0.4, -0.2) is 46.0 Å². The van der Waals surface area contributed by atoms with Crippen LogP contribution in [-0.2, 0) is 4.79 Å². The molecule has 1 aliphatic rings. The Morgan fingerprint density at radius 3 is 2.45 bits per heavy atom. The van der Waals surface area contributed by atoms with Crippen LogP contribution in [0.2, 0.25) is 0 Å². The van der Waals surface area contributed by atoms with E-state index in [1.54, 1.807) is 16.9 Å². The number of aromatic nitrogens is 2. The number of alkyl halides is 4. The van der Waals surface area contributed by atoms with E-state index in [1.807, 2.05) is 0 Å². The standard InChI is InChI=1S/C11H14F4N4O/c12-9(13)11(14,15)10(20)18-4-1-7(2-5-18)19-6-3-8(16)17-19/h3,6-7,9H,1-2,4-5H2,(H2,16,17). The lowest BCUT2D eigenvalue weighted by atomic mass is 10.0. The molecule has 0 atom stereocenters. The van der Waals surface area contributed by atoms with Gasteiger partial charge in [0.15, 0.2) is 0 Å². The number of rotatable bonds is 3. The number of hydrogen-bond donors (Lipinski definition) is 1. The molecule has 1 saturated heterocycles. The summed E-state index contributed by atoms with van der Waals surface area (Å²) in [6.45, 7) is -0.0167. The van der Waals surface area contributed by atoms with Crippen molar-refractivity contribution in [3.8, 4) is 0 Å². The number of halogens is 4. The minimum Gasteiger partial charge on any atom is -0.382 e. The van der Waals surface area contributed by atoms with Crippen LogP contribution in [0.1, 0.15) is 18.9 Å². The van der Waals surface area contributed by atoms with Crippen LogP contribution in [0, 0.1) is 0 Å². The number of carbonyl (C=O) groups excluding carboxylic acids is 1. The predicted molar refractivity (Wildman–Crippen MR) is 62.4 cm³/mol. The Bertz CT molecular complexity index is 483. The third-order valence-corrected chi connectivity index (χ3v) is 3.31. The van der Waals surface area contributed by atoms with Gasteiger partial charge < -0.3 is 10.6 Å². The van der Waals surface area contributed by atoms with E-state index in [2.05, 4.69) is 5.10 Å². The molecule has 1 amide bonds. The number of anilines is 1. The largest absolute Gasteiger partial charge is 0.383 e. The highest BCUT2D eigenvalue weighted by atomic mass is 19.3. The first-order valence-corrected chi connectivity index (χ1v) is 6.08. The molecule has 112 valence electrons. The van der Waals surface area contributed by atoms with Crippen LogP contribution >= 0.6 is 0 Å². The van der Waals surface area contributed by atoms with Gasteiger partial charge in [0, 0.05) is 19.3 Å². The van der Waals surface area contributed by atoms with E-state index in [0.29, 0.717) is 18.7 Å². The number of nitrogen functional groups attached to an aromatic ring is 1. The van der Waals surface area contributed by atoms with Crippen LogP contribution in [0.25, 0.3) is 0 Å². The van der Waals surface area contributed by atoms with E-state index < -0.39 is 18.3 Å². The summed E-state index contributed by atoms with van der Waals surface area (Å²) < 4.78 is 51.8. The lowest BCUT2D eigenvalue weighted by Gasteiger charge is -2.33. The first-order chi connectivity index (χ1) is 9.32. The number of likely N-dealkylation sites (tertiary alicyclic amines) is 1. The zero-order valence-electron chi connectivity index (χ0n) is 10.5. The van der Waals surface area contributed by atoms with Crippen LogP contribution in [0.3, 0.4) is 0 Å². The molecule has 0 bridgehead atoms. The van der Waals surface area contributed by atoms with Gasteiger partial charge in [-0.25, -0.2) is 8.78 Å². The van der Waals surface area contributed by atoms with Crippen molar-refractivity contribution in [1.29, 1.82) is 0 Å². The highest BCUT2D eigenvalue weighted by Gasteiger charge is 2.51. The maximum absolute atomic E-state index is 13.0. The van der Waals surface area contributed by atoms with Gasteiger partial charge in [0.1, 0.15) is 5.82 Å². The molecular formula is C11H14F4N4O. The lowest BCUT2D eigenvalue weighted by Crippen LogP contribution is -2.50. The van der Waals surface area contributed by atoms with Crippen molar-refractivity contribution in [2.45, 2.75) is 31.2 Å². The van der Waals surface area contributed by atoms with Crippen LogP contribution in [0.4, 0.5) is 23.4 Å². The first-order valence-electron chi connectivity index (χ1n) is 6.08. The normalized spacial score (nSPS) is 17.8. The number of amides is 1. The van der Waals surface area contributed by atoms with E-state index in [0.717, 1.165) is 4.90 Å². The average Bonchev–Trinajstić information content (AvgIpc) is 2.84. The van der Waals surface area contributed by atoms with Crippen molar-refractivity contribution in [3.63, 3.8) is 0 Å². The minimum atomic E-state index is -4.62. The Morgan fingerprint density at radius 2 is 2.00 bits per heavy atom. The van der Waals surface area contributed by atoms with Gasteiger partial charge in [-0.1, -0.05) is 0 Å². The average molecular weight is 294 g/mol. The maximum Gasteiger partial charge on any atom is 0.383 e. The van der Waals surface area contributed by atoms with E-state index in [9.17, 15) is 22.4 Å². The molecule has 2 rings (SSSR count). The van der Waals surface area contributed by atoms with Gasteiger partial charge in [-0.2, -0.15) is 13.9 Å². The summed E-state index contributed by atoms with van der Waals surface area (Å²) >= 11 is 0. The molecule has 0 saturated carbocycles. The number of piperidine rings is 1. The van der Waals surface area contributed by atoms with E-state index in [4.69, 9.17) is 5.73 Å². The van der Waals surface area contributed by atoms with Crippen molar-refractivity contribution in [2.75, 3.05) is 18.8 Å². The third kappa shape index (κ3) is 2.70. The highest BCUT2D eigenvalue weighted by molar-refractivity contribution is 5.84. The Kier molecular flexibility index (Phi) is 3.87. The summed E-state index contributed by atoms with van der Waals surface area (Å²) in [5.74, 6) is -6.10. The van der Waals surface area contributed by atoms with Gasteiger partial charge in [-0.3, -0.25) is 9.48 Å². The van der Waals surface area contributed by atoms with Gasteiger partial charge >= 0.3 is 12.3 Å². The second kappa shape index (κ2) is 5.29. The maximum atomic E-state index is 13.0. The molecule has 5 nitrogen and oxygen atoms in total. The Morgan fingerprint density at radius 1 is 1.40 bits per heavy atom. The topological polar surface area (TPSA) is 64.2 Å². The molecule has 1 aromatic rings. The van der Waals surface area contributed by atoms with Crippen LogP contribution < -0.4 is 5.73 Å². The zero-order chi connectivity index (χ0) is 14.9. The zero-order valence-corrected chi connectivity index (χ0v) is 10.5. The molecule has 20 heavy (non-hydrogen) atoms. The second-order valence-electron chi connectivity index (χ2n) is 4.67. The highest BCUT2D eigenvalue weighted by Crippen LogP contribution is 2.29. The smallest absolute Gasteiger partial charge is 0.382 e. The van der Waals surface area contributed by atoms with Gasteiger partial charge in [0.25, 0.3) is 5.91 Å². The fourth-order valence-corrected chi connectivity index (χ4v) is 2.19. The molecule has 0 radical (unpaired) electrons. The fraction of sp³-hybridized carbons (Fsp3) is 0.636. The number of nitrogens with two attached hydrogens (primary N) is 1. The molecule has 9 heteroatoms. The molecule has 2 heterocycles. The lowest BCUT2D eigenvalue weighted by molar-refractivity contribution is -0.181.